The molecule has 1 aromatic rings. The first-order valence-corrected chi connectivity index (χ1v) is 7.02. The van der Waals surface area contributed by atoms with Gasteiger partial charge in [0, 0.05) is 6.54 Å². The first kappa shape index (κ1) is 15.9. The molecule has 0 radical (unpaired) electrons. The molecule has 1 aliphatic carbocycles. The summed E-state index contributed by atoms with van der Waals surface area (Å²) >= 11 is 0. The van der Waals surface area contributed by atoms with Crippen LogP contribution in [0, 0.1) is 11.6 Å². The molecule has 1 saturated carbocycles. The Bertz CT molecular complexity index is 495. The van der Waals surface area contributed by atoms with Gasteiger partial charge in [0.05, 0.1) is 17.6 Å². The highest BCUT2D eigenvalue weighted by atomic mass is 19.1. The molecule has 0 aliphatic heterocycles. The molecule has 1 unspecified atom stereocenters. The largest absolute Gasteiger partial charge is 0.389 e. The van der Waals surface area contributed by atoms with Crippen LogP contribution < -0.4 is 5.32 Å². The zero-order valence-electron chi connectivity index (χ0n) is 11.6. The Hall–Kier alpha value is -1.53. The predicted molar refractivity (Wildman–Crippen MR) is 72.4 cm³/mol. The molecule has 0 spiro atoms. The van der Waals surface area contributed by atoms with Gasteiger partial charge in [0.15, 0.2) is 0 Å². The Morgan fingerprint density at radius 3 is 2.43 bits per heavy atom. The molecule has 0 heterocycles. The minimum absolute atomic E-state index is 0.0561. The SMILES string of the molecule is O=C(CC1(O)CCCC1)NCC(O)c1c(F)cccc1F. The molecular formula is C15H19F2NO3. The third kappa shape index (κ3) is 3.98. The van der Waals surface area contributed by atoms with E-state index in [0.29, 0.717) is 12.8 Å². The molecule has 1 amide bonds. The van der Waals surface area contributed by atoms with Gasteiger partial charge < -0.3 is 15.5 Å². The van der Waals surface area contributed by atoms with E-state index in [1.165, 1.54) is 6.07 Å². The molecule has 21 heavy (non-hydrogen) atoms. The number of aliphatic hydroxyl groups is 2. The fourth-order valence-electron chi connectivity index (χ4n) is 2.71. The number of halogens is 2. The maximum atomic E-state index is 13.5. The quantitative estimate of drug-likeness (QED) is 0.776. The number of carbonyl (C=O) groups excluding carboxylic acids is 1. The lowest BCUT2D eigenvalue weighted by molar-refractivity contribution is -0.126. The van der Waals surface area contributed by atoms with Crippen LogP contribution in [0.4, 0.5) is 8.78 Å². The summed E-state index contributed by atoms with van der Waals surface area (Å²) in [4.78, 5) is 11.7. The average Bonchev–Trinajstić information content (AvgIpc) is 2.82. The van der Waals surface area contributed by atoms with Crippen molar-refractivity contribution < 1.29 is 23.8 Å². The zero-order valence-corrected chi connectivity index (χ0v) is 11.6. The molecule has 0 saturated heterocycles. The van der Waals surface area contributed by atoms with Crippen LogP contribution >= 0.6 is 0 Å². The van der Waals surface area contributed by atoms with E-state index in [0.717, 1.165) is 25.0 Å². The van der Waals surface area contributed by atoms with Gasteiger partial charge >= 0.3 is 0 Å². The zero-order chi connectivity index (χ0) is 15.5. The lowest BCUT2D eigenvalue weighted by Gasteiger charge is -2.21. The summed E-state index contributed by atoms with van der Waals surface area (Å²) in [6.45, 7) is -0.299. The molecule has 0 bridgehead atoms. The first-order valence-electron chi connectivity index (χ1n) is 7.02. The van der Waals surface area contributed by atoms with Gasteiger partial charge in [-0.1, -0.05) is 18.9 Å². The van der Waals surface area contributed by atoms with Gasteiger partial charge in [0.1, 0.15) is 17.7 Å². The summed E-state index contributed by atoms with van der Waals surface area (Å²) in [7, 11) is 0. The molecule has 116 valence electrons. The number of aliphatic hydroxyl groups excluding tert-OH is 1. The Morgan fingerprint density at radius 2 is 1.86 bits per heavy atom. The van der Waals surface area contributed by atoms with Gasteiger partial charge in [-0.2, -0.15) is 0 Å². The van der Waals surface area contributed by atoms with Crippen molar-refractivity contribution in [3.05, 3.63) is 35.4 Å². The number of amides is 1. The molecular weight excluding hydrogens is 280 g/mol. The second-order valence-electron chi connectivity index (χ2n) is 5.56. The summed E-state index contributed by atoms with van der Waals surface area (Å²) in [5.74, 6) is -2.15. The molecule has 1 atom stereocenters. The van der Waals surface area contributed by atoms with Crippen molar-refractivity contribution in [2.24, 2.45) is 0 Å². The van der Waals surface area contributed by atoms with E-state index in [4.69, 9.17) is 0 Å². The topological polar surface area (TPSA) is 69.6 Å². The van der Waals surface area contributed by atoms with Crippen LogP contribution in [0.3, 0.4) is 0 Å². The summed E-state index contributed by atoms with van der Waals surface area (Å²) in [5, 5.41) is 22.3. The third-order valence-corrected chi connectivity index (χ3v) is 3.85. The van der Waals surface area contributed by atoms with Gasteiger partial charge in [0.25, 0.3) is 0 Å². The number of hydrogen-bond acceptors (Lipinski definition) is 3. The van der Waals surface area contributed by atoms with Crippen LogP contribution in [0.15, 0.2) is 18.2 Å². The van der Waals surface area contributed by atoms with Crippen LogP contribution in [0.1, 0.15) is 43.8 Å². The van der Waals surface area contributed by atoms with Crippen molar-refractivity contribution in [2.45, 2.75) is 43.8 Å². The van der Waals surface area contributed by atoms with Crippen LogP contribution in [-0.4, -0.2) is 28.3 Å². The van der Waals surface area contributed by atoms with E-state index in [9.17, 15) is 23.8 Å². The van der Waals surface area contributed by atoms with Crippen molar-refractivity contribution in [2.75, 3.05) is 6.54 Å². The van der Waals surface area contributed by atoms with Gasteiger partial charge in [-0.05, 0) is 25.0 Å². The van der Waals surface area contributed by atoms with E-state index < -0.39 is 34.8 Å². The lowest BCUT2D eigenvalue weighted by Crippen LogP contribution is -2.36. The molecule has 3 N–H and O–H groups in total. The first-order chi connectivity index (χ1) is 9.91. The minimum atomic E-state index is -1.46. The van der Waals surface area contributed by atoms with Gasteiger partial charge in [-0.3, -0.25) is 4.79 Å². The average molecular weight is 299 g/mol. The minimum Gasteiger partial charge on any atom is -0.389 e. The monoisotopic (exact) mass is 299 g/mol. The van der Waals surface area contributed by atoms with Crippen molar-refractivity contribution in [1.29, 1.82) is 0 Å². The molecule has 1 fully saturated rings. The second-order valence-corrected chi connectivity index (χ2v) is 5.56. The standard InChI is InChI=1S/C15H19F2NO3/c16-10-4-3-5-11(17)14(10)12(19)9-18-13(20)8-15(21)6-1-2-7-15/h3-5,12,19,21H,1-2,6-9H2,(H,18,20). The fourth-order valence-corrected chi connectivity index (χ4v) is 2.71. The van der Waals surface area contributed by atoms with Crippen LogP contribution in [-0.2, 0) is 4.79 Å². The highest BCUT2D eigenvalue weighted by molar-refractivity contribution is 5.77. The molecule has 2 rings (SSSR count). The summed E-state index contributed by atoms with van der Waals surface area (Å²) in [6, 6.07) is 3.30. The fraction of sp³-hybridized carbons (Fsp3) is 0.533. The van der Waals surface area contributed by atoms with Gasteiger partial charge in [-0.15, -0.1) is 0 Å². The van der Waals surface area contributed by atoms with Gasteiger partial charge in [-0.25, -0.2) is 8.78 Å². The van der Waals surface area contributed by atoms with Crippen molar-refractivity contribution in [3.63, 3.8) is 0 Å². The van der Waals surface area contributed by atoms with Crippen molar-refractivity contribution in [1.82, 2.24) is 5.32 Å². The molecule has 6 heteroatoms. The predicted octanol–water partition coefficient (Wildman–Crippen LogP) is 1.81. The molecule has 4 nitrogen and oxygen atoms in total. The number of benzene rings is 1. The van der Waals surface area contributed by atoms with Gasteiger partial charge in [0.2, 0.25) is 5.91 Å². The van der Waals surface area contributed by atoms with Crippen molar-refractivity contribution in [3.8, 4) is 0 Å². The Labute approximate surface area is 121 Å². The van der Waals surface area contributed by atoms with E-state index in [2.05, 4.69) is 5.32 Å². The van der Waals surface area contributed by atoms with E-state index in [1.807, 2.05) is 0 Å². The van der Waals surface area contributed by atoms with E-state index in [-0.39, 0.29) is 13.0 Å². The number of nitrogens with one attached hydrogen (secondary N) is 1. The maximum Gasteiger partial charge on any atom is 0.222 e. The third-order valence-electron chi connectivity index (χ3n) is 3.85. The normalized spacial score (nSPS) is 18.5. The summed E-state index contributed by atoms with van der Waals surface area (Å²) < 4.78 is 26.9. The van der Waals surface area contributed by atoms with Crippen LogP contribution in [0.25, 0.3) is 0 Å². The number of carbonyl (C=O) groups is 1. The Morgan fingerprint density at radius 1 is 1.29 bits per heavy atom. The van der Waals surface area contributed by atoms with E-state index in [1.54, 1.807) is 0 Å². The van der Waals surface area contributed by atoms with Crippen LogP contribution in [0.5, 0.6) is 0 Å². The van der Waals surface area contributed by atoms with Crippen LogP contribution in [0.2, 0.25) is 0 Å². The Balaban J connectivity index is 1.89. The highest BCUT2D eigenvalue weighted by Gasteiger charge is 2.33. The molecule has 0 aromatic heterocycles. The van der Waals surface area contributed by atoms with Crippen molar-refractivity contribution >= 4 is 5.91 Å². The maximum absolute atomic E-state index is 13.5. The second kappa shape index (κ2) is 6.49. The molecule has 1 aliphatic rings. The smallest absolute Gasteiger partial charge is 0.222 e. The lowest BCUT2D eigenvalue weighted by atomic mass is 9.97. The number of rotatable bonds is 5. The molecule has 1 aromatic carbocycles. The number of hydrogen-bond donors (Lipinski definition) is 3. The summed E-state index contributed by atoms with van der Waals surface area (Å²) in [5.41, 5.74) is -1.45. The Kier molecular flexibility index (Phi) is 4.90. The highest BCUT2D eigenvalue weighted by Crippen LogP contribution is 2.32. The van der Waals surface area contributed by atoms with E-state index >= 15 is 0 Å². The summed E-state index contributed by atoms with van der Waals surface area (Å²) in [6.07, 6.45) is 1.39.